The molecule has 0 aliphatic heterocycles. The molecule has 1 aromatic carbocycles. The minimum absolute atomic E-state index is 0.00664. The summed E-state index contributed by atoms with van der Waals surface area (Å²) in [5.41, 5.74) is 1.23. The maximum absolute atomic E-state index is 13.6. The van der Waals surface area contributed by atoms with Gasteiger partial charge in [-0.05, 0) is 23.8 Å². The third-order valence-electron chi connectivity index (χ3n) is 3.21. The highest BCUT2D eigenvalue weighted by Crippen LogP contribution is 2.13. The second-order valence-electron chi connectivity index (χ2n) is 4.82. The van der Waals surface area contributed by atoms with Crippen molar-refractivity contribution < 1.29 is 9.18 Å². The van der Waals surface area contributed by atoms with Gasteiger partial charge >= 0.3 is 0 Å². The Kier molecular flexibility index (Phi) is 4.33. The fourth-order valence-corrected chi connectivity index (χ4v) is 2.02. The number of rotatable bonds is 5. The molecule has 0 fully saturated rings. The Balaban J connectivity index is 1.70. The molecule has 0 unspecified atom stereocenters. The lowest BCUT2D eigenvalue weighted by Crippen LogP contribution is -2.08. The molecule has 3 aromatic rings. The molecule has 23 heavy (non-hydrogen) atoms. The monoisotopic (exact) mass is 308 g/mol. The number of ketones is 1. The van der Waals surface area contributed by atoms with Crippen LogP contribution in [-0.4, -0.2) is 20.7 Å². The van der Waals surface area contributed by atoms with E-state index >= 15 is 0 Å². The molecule has 1 N–H and O–H groups in total. The van der Waals surface area contributed by atoms with Crippen LogP contribution in [0.3, 0.4) is 0 Å². The highest BCUT2D eigenvalue weighted by Gasteiger charge is 2.14. The number of nitrogens with one attached hydrogen (secondary N) is 1. The summed E-state index contributed by atoms with van der Waals surface area (Å²) in [4.78, 5) is 24.4. The van der Waals surface area contributed by atoms with E-state index in [0.717, 1.165) is 5.56 Å². The average molecular weight is 308 g/mol. The van der Waals surface area contributed by atoms with E-state index in [-0.39, 0.29) is 11.1 Å². The largest absolute Gasteiger partial charge is 0.350 e. The SMILES string of the molecule is O=C(c1cnc(NCc2cccnc2)nc1)c1ccccc1F. The van der Waals surface area contributed by atoms with Crippen LogP contribution in [0.15, 0.2) is 61.2 Å². The smallest absolute Gasteiger partial charge is 0.222 e. The molecule has 0 saturated heterocycles. The summed E-state index contributed by atoms with van der Waals surface area (Å²) < 4.78 is 13.6. The molecular formula is C17H13FN4O. The normalized spacial score (nSPS) is 10.3. The van der Waals surface area contributed by atoms with Gasteiger partial charge in [0.25, 0.3) is 0 Å². The zero-order valence-corrected chi connectivity index (χ0v) is 12.1. The van der Waals surface area contributed by atoms with Crippen molar-refractivity contribution in [3.63, 3.8) is 0 Å². The van der Waals surface area contributed by atoms with Gasteiger partial charge in [0.1, 0.15) is 5.82 Å². The number of hydrogen-bond acceptors (Lipinski definition) is 5. The lowest BCUT2D eigenvalue weighted by molar-refractivity contribution is 0.103. The third kappa shape index (κ3) is 3.55. The first-order chi connectivity index (χ1) is 11.2. The molecule has 0 spiro atoms. The van der Waals surface area contributed by atoms with Gasteiger partial charge in [-0.3, -0.25) is 9.78 Å². The third-order valence-corrected chi connectivity index (χ3v) is 3.21. The molecule has 0 aliphatic carbocycles. The summed E-state index contributed by atoms with van der Waals surface area (Å²) in [5.74, 6) is -0.614. The zero-order chi connectivity index (χ0) is 16.1. The summed E-state index contributed by atoms with van der Waals surface area (Å²) in [6, 6.07) is 9.60. The number of nitrogens with zero attached hydrogens (tertiary/aromatic N) is 3. The van der Waals surface area contributed by atoms with E-state index in [1.165, 1.54) is 30.6 Å². The van der Waals surface area contributed by atoms with Crippen molar-refractivity contribution in [2.45, 2.75) is 6.54 Å². The molecule has 0 radical (unpaired) electrons. The molecule has 6 heteroatoms. The van der Waals surface area contributed by atoms with Crippen LogP contribution in [0.5, 0.6) is 0 Å². The maximum atomic E-state index is 13.6. The van der Waals surface area contributed by atoms with Gasteiger partial charge in [0.15, 0.2) is 5.78 Å². The number of carbonyl (C=O) groups is 1. The fraction of sp³-hybridized carbons (Fsp3) is 0.0588. The van der Waals surface area contributed by atoms with Crippen LogP contribution in [0, 0.1) is 5.82 Å². The molecule has 0 amide bonds. The Labute approximate surface area is 132 Å². The number of aromatic nitrogens is 3. The molecule has 0 bridgehead atoms. The van der Waals surface area contributed by atoms with E-state index in [0.29, 0.717) is 12.5 Å². The van der Waals surface area contributed by atoms with Crippen LogP contribution >= 0.6 is 0 Å². The van der Waals surface area contributed by atoms with Crippen LogP contribution in [0.25, 0.3) is 0 Å². The number of halogens is 1. The van der Waals surface area contributed by atoms with Crippen LogP contribution in [0.2, 0.25) is 0 Å². The van der Waals surface area contributed by atoms with Gasteiger partial charge in [-0.25, -0.2) is 14.4 Å². The fourth-order valence-electron chi connectivity index (χ4n) is 2.02. The van der Waals surface area contributed by atoms with Gasteiger partial charge in [0, 0.05) is 31.3 Å². The highest BCUT2D eigenvalue weighted by molar-refractivity contribution is 6.08. The zero-order valence-electron chi connectivity index (χ0n) is 12.1. The standard InChI is InChI=1S/C17H13FN4O/c18-15-6-2-1-5-14(15)16(23)13-10-21-17(22-11-13)20-9-12-4-3-7-19-8-12/h1-8,10-11H,9H2,(H,20,21,22). The quantitative estimate of drug-likeness (QED) is 0.734. The van der Waals surface area contributed by atoms with Crippen molar-refractivity contribution in [1.29, 1.82) is 0 Å². The van der Waals surface area contributed by atoms with Crippen molar-refractivity contribution >= 4 is 11.7 Å². The second kappa shape index (κ2) is 6.74. The minimum atomic E-state index is -0.559. The number of anilines is 1. The van der Waals surface area contributed by atoms with Gasteiger partial charge in [0.05, 0.1) is 11.1 Å². The van der Waals surface area contributed by atoms with Crippen molar-refractivity contribution in [3.8, 4) is 0 Å². The maximum Gasteiger partial charge on any atom is 0.222 e. The number of benzene rings is 1. The predicted molar refractivity (Wildman–Crippen MR) is 83.4 cm³/mol. The molecule has 2 aromatic heterocycles. The number of carbonyl (C=O) groups excluding carboxylic acids is 1. The highest BCUT2D eigenvalue weighted by atomic mass is 19.1. The Bertz CT molecular complexity index is 806. The van der Waals surface area contributed by atoms with Gasteiger partial charge in [-0.2, -0.15) is 0 Å². The van der Waals surface area contributed by atoms with E-state index in [1.807, 2.05) is 12.1 Å². The summed E-state index contributed by atoms with van der Waals surface area (Å²) >= 11 is 0. The van der Waals surface area contributed by atoms with Crippen LogP contribution in [-0.2, 0) is 6.54 Å². The molecule has 0 aliphatic rings. The molecule has 3 rings (SSSR count). The molecular weight excluding hydrogens is 295 g/mol. The molecule has 114 valence electrons. The lowest BCUT2D eigenvalue weighted by Gasteiger charge is -2.05. The van der Waals surface area contributed by atoms with Crippen molar-refractivity contribution in [2.75, 3.05) is 5.32 Å². The van der Waals surface area contributed by atoms with E-state index in [9.17, 15) is 9.18 Å². The Morgan fingerprint density at radius 1 is 1.04 bits per heavy atom. The summed E-state index contributed by atoms with van der Waals surface area (Å²) in [7, 11) is 0. The van der Waals surface area contributed by atoms with E-state index < -0.39 is 11.6 Å². The average Bonchev–Trinajstić information content (AvgIpc) is 2.61. The van der Waals surface area contributed by atoms with Crippen LogP contribution in [0.4, 0.5) is 10.3 Å². The lowest BCUT2D eigenvalue weighted by atomic mass is 10.1. The van der Waals surface area contributed by atoms with Gasteiger partial charge in [-0.1, -0.05) is 18.2 Å². The Hall–Kier alpha value is -3.15. The van der Waals surface area contributed by atoms with Crippen molar-refractivity contribution in [2.24, 2.45) is 0 Å². The minimum Gasteiger partial charge on any atom is -0.350 e. The van der Waals surface area contributed by atoms with Gasteiger partial charge in [0.2, 0.25) is 5.95 Å². The summed E-state index contributed by atoms with van der Waals surface area (Å²) in [6.07, 6.45) is 6.20. The Morgan fingerprint density at radius 3 is 2.52 bits per heavy atom. The van der Waals surface area contributed by atoms with Gasteiger partial charge in [-0.15, -0.1) is 0 Å². The topological polar surface area (TPSA) is 67.8 Å². The van der Waals surface area contributed by atoms with E-state index in [1.54, 1.807) is 18.5 Å². The molecule has 5 nitrogen and oxygen atoms in total. The molecule has 0 atom stereocenters. The molecule has 0 saturated carbocycles. The van der Waals surface area contributed by atoms with Gasteiger partial charge < -0.3 is 5.32 Å². The van der Waals surface area contributed by atoms with Crippen LogP contribution < -0.4 is 5.32 Å². The Morgan fingerprint density at radius 2 is 1.83 bits per heavy atom. The predicted octanol–water partition coefficient (Wildman–Crippen LogP) is 2.85. The number of hydrogen-bond donors (Lipinski definition) is 1. The second-order valence-corrected chi connectivity index (χ2v) is 4.82. The summed E-state index contributed by atoms with van der Waals surface area (Å²) in [6.45, 7) is 0.522. The van der Waals surface area contributed by atoms with Crippen molar-refractivity contribution in [3.05, 3.63) is 83.7 Å². The first-order valence-corrected chi connectivity index (χ1v) is 6.98. The van der Waals surface area contributed by atoms with Crippen molar-refractivity contribution in [1.82, 2.24) is 15.0 Å². The van der Waals surface area contributed by atoms with E-state index in [4.69, 9.17) is 0 Å². The molecule has 2 heterocycles. The summed E-state index contributed by atoms with van der Waals surface area (Å²) in [5, 5.41) is 3.03. The first-order valence-electron chi connectivity index (χ1n) is 6.98. The van der Waals surface area contributed by atoms with Crippen LogP contribution in [0.1, 0.15) is 21.5 Å². The first kappa shape index (κ1) is 14.8. The van der Waals surface area contributed by atoms with E-state index in [2.05, 4.69) is 20.3 Å². The number of pyridine rings is 1.